The molecule has 540 valence electrons. The molecule has 10 aliphatic rings. The second kappa shape index (κ2) is 30.6. The summed E-state index contributed by atoms with van der Waals surface area (Å²) in [4.78, 5) is 12.7. The van der Waals surface area contributed by atoms with Crippen molar-refractivity contribution in [3.63, 3.8) is 0 Å². The van der Waals surface area contributed by atoms with Crippen molar-refractivity contribution >= 4 is 5.97 Å². The second-order valence-corrected chi connectivity index (χ2v) is 28.4. The van der Waals surface area contributed by atoms with Gasteiger partial charge in [-0.15, -0.1) is 0 Å². The average molecular weight is 1350 g/mol. The van der Waals surface area contributed by atoms with E-state index in [0.717, 1.165) is 19.3 Å². The van der Waals surface area contributed by atoms with Gasteiger partial charge in [-0.05, 0) is 116 Å². The van der Waals surface area contributed by atoms with Crippen molar-refractivity contribution < 1.29 is 142 Å². The molecule has 3 saturated carbocycles. The maximum absolute atomic E-state index is 13.2. The van der Waals surface area contributed by atoms with Crippen molar-refractivity contribution in [3.8, 4) is 0 Å². The van der Waals surface area contributed by atoms with E-state index in [9.17, 15) is 66.1 Å². The molecule has 36 atom stereocenters. The highest BCUT2D eigenvalue weighted by Gasteiger charge is 2.68. The summed E-state index contributed by atoms with van der Waals surface area (Å²) in [5.74, 6) is -0.615. The Morgan fingerprint density at radius 2 is 1.13 bits per heavy atom. The van der Waals surface area contributed by atoms with Gasteiger partial charge in [0.2, 0.25) is 0 Å². The van der Waals surface area contributed by atoms with E-state index in [-0.39, 0.29) is 35.7 Å². The molecule has 9 fully saturated rings. The van der Waals surface area contributed by atoms with Crippen LogP contribution in [0.25, 0.3) is 0 Å². The lowest BCUT2D eigenvalue weighted by atomic mass is 9.45. The molecule has 0 aromatic carbocycles. The van der Waals surface area contributed by atoms with Crippen molar-refractivity contribution in [2.75, 3.05) is 41.2 Å². The second-order valence-electron chi connectivity index (χ2n) is 28.4. The number of hydrogen-bond donors (Lipinski definition) is 12. The van der Waals surface area contributed by atoms with Crippen molar-refractivity contribution in [2.24, 2.45) is 28.6 Å². The van der Waals surface area contributed by atoms with Crippen LogP contribution in [0.1, 0.15) is 120 Å². The lowest BCUT2D eigenvalue weighted by Gasteiger charge is -2.61. The number of rotatable bonds is 21. The number of aliphatic hydroxyl groups excluding tert-OH is 11. The highest BCUT2D eigenvalue weighted by atomic mass is 16.8. The summed E-state index contributed by atoms with van der Waals surface area (Å²) in [6, 6.07) is 0. The molecule has 29 heteroatoms. The zero-order chi connectivity index (χ0) is 68.2. The summed E-state index contributed by atoms with van der Waals surface area (Å²) in [7, 11) is 4.64. The molecule has 6 heterocycles. The van der Waals surface area contributed by atoms with Crippen LogP contribution < -0.4 is 0 Å². The van der Waals surface area contributed by atoms with Crippen LogP contribution in [0.5, 0.6) is 0 Å². The van der Waals surface area contributed by atoms with Gasteiger partial charge < -0.3 is 137 Å². The summed E-state index contributed by atoms with van der Waals surface area (Å²) in [6.07, 6.45) is -24.5. The van der Waals surface area contributed by atoms with E-state index in [1.807, 2.05) is 20.8 Å². The third kappa shape index (κ3) is 14.4. The first-order chi connectivity index (χ1) is 44.6. The first-order valence-electron chi connectivity index (χ1n) is 33.6. The Labute approximate surface area is 548 Å². The van der Waals surface area contributed by atoms with Gasteiger partial charge in [0.1, 0.15) is 97.7 Å². The SMILES string of the molecule is CC=C(C)C(=O)OC1C(C)OC(OC2C(C)OC(OC3C(C)OC(OC4CCC5(C)C(=CCC6C5CCC5(C)C(C(C)OC7OC(COC8OC(COC9OC(CO)C(O)C(O)C9O)C(O)C(O)C8O)C(O)C(O)C7O)CCC65O)C4)CC3OC)CC2OC)C(O)C1OC. The van der Waals surface area contributed by atoms with Crippen LogP contribution >= 0.6 is 0 Å². The first-order valence-corrected chi connectivity index (χ1v) is 33.6. The minimum atomic E-state index is -1.85. The Morgan fingerprint density at radius 1 is 0.596 bits per heavy atom. The van der Waals surface area contributed by atoms with E-state index in [1.165, 1.54) is 12.7 Å². The average Bonchev–Trinajstić information content (AvgIpc) is 1.41. The standard InChI is InChI=1S/C65H106O29/c1-12-27(2)58(77)93-56-31(6)87-62(53(76)57(56)81-11)94-55-30(5)85-43(23-38(55)80-10)92-54-29(4)84-42(22-37(54)79-9)88-33-15-18-63(7)32(21-33)13-14-36-35(63)16-19-64(8)34(17-20-65(36,64)78)28(3)86-61-52(75)49(72)46(69)41(91-61)26-83-60-51(74)48(71)45(68)40(90-60)25-82-59-50(73)47(70)44(67)39(24-66)89-59/h12-13,28-31,33-57,59-62,66-76,78H,14-26H2,1-11H3. The minimum absolute atomic E-state index is 0.0530. The van der Waals surface area contributed by atoms with Crippen LogP contribution in [0.3, 0.4) is 0 Å². The third-order valence-corrected chi connectivity index (χ3v) is 23.1. The fraction of sp³-hybridized carbons (Fsp3) is 0.923. The smallest absolute Gasteiger partial charge is 0.333 e. The molecule has 36 unspecified atom stereocenters. The molecule has 4 aliphatic carbocycles. The molecule has 0 radical (unpaired) electrons. The number of esters is 1. The summed E-state index contributed by atoms with van der Waals surface area (Å²) in [5.41, 5.74) is -0.143. The Kier molecular flexibility index (Phi) is 24.3. The van der Waals surface area contributed by atoms with Crippen molar-refractivity contribution in [2.45, 2.75) is 309 Å². The van der Waals surface area contributed by atoms with Crippen LogP contribution in [-0.4, -0.2) is 298 Å². The molecular weight excluding hydrogens is 1240 g/mol. The van der Waals surface area contributed by atoms with Crippen molar-refractivity contribution in [1.82, 2.24) is 0 Å². The zero-order valence-corrected chi connectivity index (χ0v) is 55.7. The molecule has 0 amide bonds. The lowest BCUT2D eigenvalue weighted by molar-refractivity contribution is -0.352. The molecule has 94 heavy (non-hydrogen) atoms. The largest absolute Gasteiger partial charge is 0.453 e. The number of allylic oxidation sites excluding steroid dienone is 2. The number of aliphatic hydroxyl groups is 12. The van der Waals surface area contributed by atoms with Crippen LogP contribution in [0.4, 0.5) is 0 Å². The number of ether oxygens (including phenoxy) is 16. The maximum Gasteiger partial charge on any atom is 0.333 e. The van der Waals surface area contributed by atoms with Crippen LogP contribution in [0.15, 0.2) is 23.3 Å². The van der Waals surface area contributed by atoms with Gasteiger partial charge in [-0.3, -0.25) is 0 Å². The Hall–Kier alpha value is -2.13. The van der Waals surface area contributed by atoms with Crippen LogP contribution in [0, 0.1) is 28.6 Å². The summed E-state index contributed by atoms with van der Waals surface area (Å²) in [5, 5.41) is 131. The number of carbonyl (C=O) groups excluding carboxylic acids is 1. The Balaban J connectivity index is 0.703. The molecule has 10 rings (SSSR count). The predicted molar refractivity (Wildman–Crippen MR) is 321 cm³/mol. The van der Waals surface area contributed by atoms with E-state index in [0.29, 0.717) is 44.1 Å². The van der Waals surface area contributed by atoms with E-state index >= 15 is 0 Å². The molecule has 6 aliphatic heterocycles. The van der Waals surface area contributed by atoms with Crippen molar-refractivity contribution in [3.05, 3.63) is 23.3 Å². The summed E-state index contributed by atoms with van der Waals surface area (Å²) in [6.45, 7) is 13.3. The lowest BCUT2D eigenvalue weighted by Crippen LogP contribution is -2.63. The highest BCUT2D eigenvalue weighted by molar-refractivity contribution is 5.87. The van der Waals surface area contributed by atoms with E-state index in [2.05, 4.69) is 19.9 Å². The minimum Gasteiger partial charge on any atom is -0.453 e. The van der Waals surface area contributed by atoms with E-state index in [4.69, 9.17) is 75.8 Å². The molecule has 12 N–H and O–H groups in total. The topological polar surface area (TPSA) is 408 Å². The molecule has 0 bridgehead atoms. The van der Waals surface area contributed by atoms with E-state index < -0.39 is 215 Å². The molecule has 0 spiro atoms. The van der Waals surface area contributed by atoms with Gasteiger partial charge >= 0.3 is 5.97 Å². The van der Waals surface area contributed by atoms with Gasteiger partial charge in [-0.25, -0.2) is 4.79 Å². The quantitative estimate of drug-likeness (QED) is 0.0372. The monoisotopic (exact) mass is 1350 g/mol. The van der Waals surface area contributed by atoms with Crippen molar-refractivity contribution in [1.29, 1.82) is 0 Å². The van der Waals surface area contributed by atoms with Crippen LogP contribution in [-0.2, 0) is 80.6 Å². The molecule has 29 nitrogen and oxygen atoms in total. The predicted octanol–water partition coefficient (Wildman–Crippen LogP) is -1.01. The van der Waals surface area contributed by atoms with Gasteiger partial charge in [0, 0.05) is 45.2 Å². The molecule has 0 aromatic rings. The number of carbonyl (C=O) groups is 1. The van der Waals surface area contributed by atoms with Gasteiger partial charge in [0.05, 0.1) is 68.1 Å². The Morgan fingerprint density at radius 3 is 1.69 bits per heavy atom. The fourth-order valence-electron chi connectivity index (χ4n) is 17.2. The normalized spacial score (nSPS) is 51.2. The van der Waals surface area contributed by atoms with Gasteiger partial charge in [-0.1, -0.05) is 31.6 Å². The summed E-state index contributed by atoms with van der Waals surface area (Å²) < 4.78 is 97.3. The number of hydrogen-bond acceptors (Lipinski definition) is 29. The fourth-order valence-corrected chi connectivity index (χ4v) is 17.2. The zero-order valence-electron chi connectivity index (χ0n) is 55.7. The highest BCUT2D eigenvalue weighted by Crippen LogP contribution is 2.69. The van der Waals surface area contributed by atoms with Gasteiger partial charge in [0.15, 0.2) is 43.8 Å². The Bertz CT molecular complexity index is 2550. The maximum atomic E-state index is 13.2. The van der Waals surface area contributed by atoms with Gasteiger partial charge in [0.25, 0.3) is 0 Å². The first kappa shape index (κ1) is 74.6. The van der Waals surface area contributed by atoms with Crippen LogP contribution in [0.2, 0.25) is 0 Å². The number of fused-ring (bicyclic) bond motifs is 5. The summed E-state index contributed by atoms with van der Waals surface area (Å²) >= 11 is 0. The number of methoxy groups -OCH3 is 3. The molecule has 6 saturated heterocycles. The van der Waals surface area contributed by atoms with E-state index in [1.54, 1.807) is 41.1 Å². The molecule has 0 aromatic heterocycles. The van der Waals surface area contributed by atoms with Gasteiger partial charge in [-0.2, -0.15) is 0 Å². The third-order valence-electron chi connectivity index (χ3n) is 23.1. The molecular formula is C65H106O29.